The Labute approximate surface area is 114 Å². The first-order chi connectivity index (χ1) is 8.63. The SMILES string of the molecule is CC(Nc1ccc(N)cc1Cl)C1CC2CCC1C2. The van der Waals surface area contributed by atoms with Crippen LogP contribution in [0.5, 0.6) is 0 Å². The van der Waals surface area contributed by atoms with E-state index in [9.17, 15) is 0 Å². The van der Waals surface area contributed by atoms with Gasteiger partial charge in [0.2, 0.25) is 0 Å². The van der Waals surface area contributed by atoms with Crippen molar-refractivity contribution in [2.45, 2.75) is 38.6 Å². The molecule has 0 aliphatic heterocycles. The molecule has 98 valence electrons. The maximum absolute atomic E-state index is 6.22. The van der Waals surface area contributed by atoms with Gasteiger partial charge in [-0.2, -0.15) is 0 Å². The molecule has 0 amide bonds. The lowest BCUT2D eigenvalue weighted by Crippen LogP contribution is -2.30. The fourth-order valence-corrected chi connectivity index (χ4v) is 4.15. The van der Waals surface area contributed by atoms with Crippen molar-refractivity contribution in [3.8, 4) is 0 Å². The number of nitrogens with two attached hydrogens (primary N) is 1. The van der Waals surface area contributed by atoms with Crippen LogP contribution in [0.2, 0.25) is 5.02 Å². The van der Waals surface area contributed by atoms with Gasteiger partial charge in [0.05, 0.1) is 10.7 Å². The average Bonchev–Trinajstić information content (AvgIpc) is 2.94. The van der Waals surface area contributed by atoms with Crippen LogP contribution in [-0.4, -0.2) is 6.04 Å². The highest BCUT2D eigenvalue weighted by atomic mass is 35.5. The van der Waals surface area contributed by atoms with Gasteiger partial charge in [0, 0.05) is 11.7 Å². The van der Waals surface area contributed by atoms with Gasteiger partial charge >= 0.3 is 0 Å². The van der Waals surface area contributed by atoms with Crippen molar-refractivity contribution >= 4 is 23.0 Å². The van der Waals surface area contributed by atoms with Crippen molar-refractivity contribution in [3.63, 3.8) is 0 Å². The molecular weight excluding hydrogens is 244 g/mol. The lowest BCUT2D eigenvalue weighted by molar-refractivity contribution is 0.304. The molecule has 2 fully saturated rings. The van der Waals surface area contributed by atoms with E-state index >= 15 is 0 Å². The van der Waals surface area contributed by atoms with Crippen LogP contribution < -0.4 is 11.1 Å². The zero-order valence-corrected chi connectivity index (χ0v) is 11.6. The van der Waals surface area contributed by atoms with Crippen molar-refractivity contribution < 1.29 is 0 Å². The Morgan fingerprint density at radius 3 is 2.78 bits per heavy atom. The highest BCUT2D eigenvalue weighted by Crippen LogP contribution is 2.50. The maximum Gasteiger partial charge on any atom is 0.0658 e. The minimum Gasteiger partial charge on any atom is -0.399 e. The summed E-state index contributed by atoms with van der Waals surface area (Å²) >= 11 is 6.22. The van der Waals surface area contributed by atoms with Crippen LogP contribution in [0.4, 0.5) is 11.4 Å². The molecule has 0 aromatic heterocycles. The summed E-state index contributed by atoms with van der Waals surface area (Å²) < 4.78 is 0. The lowest BCUT2D eigenvalue weighted by atomic mass is 9.84. The van der Waals surface area contributed by atoms with Crippen molar-refractivity contribution in [2.24, 2.45) is 17.8 Å². The molecule has 3 N–H and O–H groups in total. The molecule has 2 aliphatic rings. The molecule has 0 heterocycles. The molecule has 0 radical (unpaired) electrons. The molecule has 2 bridgehead atoms. The van der Waals surface area contributed by atoms with Crippen molar-refractivity contribution in [1.82, 2.24) is 0 Å². The summed E-state index contributed by atoms with van der Waals surface area (Å²) in [7, 11) is 0. The quantitative estimate of drug-likeness (QED) is 0.805. The van der Waals surface area contributed by atoms with Crippen LogP contribution in [0.1, 0.15) is 32.6 Å². The summed E-state index contributed by atoms with van der Waals surface area (Å²) in [6, 6.07) is 6.21. The summed E-state index contributed by atoms with van der Waals surface area (Å²) in [5, 5.41) is 4.30. The first kappa shape index (κ1) is 12.2. The van der Waals surface area contributed by atoms with Gasteiger partial charge < -0.3 is 11.1 Å². The largest absolute Gasteiger partial charge is 0.399 e. The predicted molar refractivity (Wildman–Crippen MR) is 77.9 cm³/mol. The molecule has 2 nitrogen and oxygen atoms in total. The number of hydrogen-bond donors (Lipinski definition) is 2. The molecule has 18 heavy (non-hydrogen) atoms. The minimum absolute atomic E-state index is 0.501. The van der Waals surface area contributed by atoms with Gasteiger partial charge in [-0.3, -0.25) is 0 Å². The van der Waals surface area contributed by atoms with Crippen LogP contribution in [0.25, 0.3) is 0 Å². The molecule has 2 aliphatic carbocycles. The van der Waals surface area contributed by atoms with E-state index in [4.69, 9.17) is 17.3 Å². The molecular formula is C15H21ClN2. The fourth-order valence-electron chi connectivity index (χ4n) is 3.91. The second-order valence-electron chi connectivity index (χ2n) is 6.01. The summed E-state index contributed by atoms with van der Waals surface area (Å²) in [5.41, 5.74) is 7.45. The Hall–Kier alpha value is -0.890. The number of benzene rings is 1. The molecule has 4 atom stereocenters. The van der Waals surface area contributed by atoms with Crippen LogP contribution >= 0.6 is 11.6 Å². The summed E-state index contributed by atoms with van der Waals surface area (Å²) in [6.45, 7) is 2.29. The van der Waals surface area contributed by atoms with E-state index in [1.165, 1.54) is 25.7 Å². The normalized spacial score (nSPS) is 31.6. The number of halogens is 1. The molecule has 0 saturated heterocycles. The van der Waals surface area contributed by atoms with Gasteiger partial charge in [0.15, 0.2) is 0 Å². The summed E-state index contributed by atoms with van der Waals surface area (Å²) in [6.07, 6.45) is 5.73. The van der Waals surface area contributed by atoms with E-state index < -0.39 is 0 Å². The van der Waals surface area contributed by atoms with Gasteiger partial charge in [-0.1, -0.05) is 18.0 Å². The Bertz CT molecular complexity index is 446. The van der Waals surface area contributed by atoms with Gasteiger partial charge in [-0.15, -0.1) is 0 Å². The monoisotopic (exact) mass is 264 g/mol. The number of rotatable bonds is 3. The molecule has 1 aromatic rings. The summed E-state index contributed by atoms with van der Waals surface area (Å²) in [5.74, 6) is 2.74. The molecule has 3 heteroatoms. The van der Waals surface area contributed by atoms with Crippen LogP contribution in [0.3, 0.4) is 0 Å². The van der Waals surface area contributed by atoms with Crippen LogP contribution in [0, 0.1) is 17.8 Å². The number of hydrogen-bond acceptors (Lipinski definition) is 2. The van der Waals surface area contributed by atoms with E-state index in [0.717, 1.165) is 34.2 Å². The highest BCUT2D eigenvalue weighted by molar-refractivity contribution is 6.33. The first-order valence-corrected chi connectivity index (χ1v) is 7.33. The van der Waals surface area contributed by atoms with Gasteiger partial charge in [-0.05, 0) is 62.1 Å². The van der Waals surface area contributed by atoms with E-state index in [0.29, 0.717) is 6.04 Å². The van der Waals surface area contributed by atoms with Crippen LogP contribution in [-0.2, 0) is 0 Å². The first-order valence-electron chi connectivity index (χ1n) is 6.95. The van der Waals surface area contributed by atoms with Crippen LogP contribution in [0.15, 0.2) is 18.2 Å². The van der Waals surface area contributed by atoms with E-state index in [1.54, 1.807) is 0 Å². The van der Waals surface area contributed by atoms with Crippen molar-refractivity contribution in [3.05, 3.63) is 23.2 Å². The van der Waals surface area contributed by atoms with E-state index in [1.807, 2.05) is 18.2 Å². The lowest BCUT2D eigenvalue weighted by Gasteiger charge is -2.29. The molecule has 4 unspecified atom stereocenters. The average molecular weight is 265 g/mol. The topological polar surface area (TPSA) is 38.0 Å². The number of nitrogens with one attached hydrogen (secondary N) is 1. The maximum atomic E-state index is 6.22. The van der Waals surface area contributed by atoms with Gasteiger partial charge in [0.25, 0.3) is 0 Å². The third kappa shape index (κ3) is 2.18. The Kier molecular flexibility index (Phi) is 3.14. The smallest absolute Gasteiger partial charge is 0.0658 e. The van der Waals surface area contributed by atoms with E-state index in [2.05, 4.69) is 12.2 Å². The molecule has 2 saturated carbocycles. The Morgan fingerprint density at radius 1 is 1.33 bits per heavy atom. The van der Waals surface area contributed by atoms with Gasteiger partial charge in [-0.25, -0.2) is 0 Å². The zero-order valence-electron chi connectivity index (χ0n) is 10.8. The zero-order chi connectivity index (χ0) is 12.7. The Morgan fingerprint density at radius 2 is 2.17 bits per heavy atom. The summed E-state index contributed by atoms with van der Waals surface area (Å²) in [4.78, 5) is 0. The third-order valence-electron chi connectivity index (χ3n) is 4.81. The number of nitrogen functional groups attached to an aromatic ring is 1. The Balaban J connectivity index is 1.69. The second kappa shape index (κ2) is 4.65. The molecule has 0 spiro atoms. The third-order valence-corrected chi connectivity index (χ3v) is 5.12. The molecule has 3 rings (SSSR count). The van der Waals surface area contributed by atoms with Gasteiger partial charge in [0.1, 0.15) is 0 Å². The minimum atomic E-state index is 0.501. The second-order valence-corrected chi connectivity index (χ2v) is 6.42. The van der Waals surface area contributed by atoms with Crippen molar-refractivity contribution in [2.75, 3.05) is 11.1 Å². The van der Waals surface area contributed by atoms with E-state index in [-0.39, 0.29) is 0 Å². The standard InChI is InChI=1S/C15H21ClN2/c1-9(13-7-10-2-3-11(13)6-10)18-15-5-4-12(17)8-14(15)16/h4-5,8-11,13,18H,2-3,6-7,17H2,1H3. The predicted octanol–water partition coefficient (Wildman–Crippen LogP) is 4.16. The number of anilines is 2. The highest BCUT2D eigenvalue weighted by Gasteiger charge is 2.41. The fraction of sp³-hybridized carbons (Fsp3) is 0.600. The number of fused-ring (bicyclic) bond motifs is 2. The molecule has 1 aromatic carbocycles. The van der Waals surface area contributed by atoms with Crippen molar-refractivity contribution in [1.29, 1.82) is 0 Å².